The van der Waals surface area contributed by atoms with Crippen molar-refractivity contribution in [3.63, 3.8) is 0 Å². The first-order valence-electron chi connectivity index (χ1n) is 6.49. The maximum absolute atomic E-state index is 11.1. The number of ether oxygens (including phenoxy) is 2. The Morgan fingerprint density at radius 1 is 1.19 bits per heavy atom. The zero-order valence-corrected chi connectivity index (χ0v) is 11.4. The summed E-state index contributed by atoms with van der Waals surface area (Å²) < 4.78 is 11.3. The molecule has 0 fully saturated rings. The minimum Gasteiger partial charge on any atom is -0.482 e. The number of aryl methyl sites for hydroxylation is 1. The van der Waals surface area contributed by atoms with Crippen molar-refractivity contribution in [1.29, 1.82) is 0 Å². The van der Waals surface area contributed by atoms with Gasteiger partial charge in [-0.25, -0.2) is 0 Å². The van der Waals surface area contributed by atoms with Crippen LogP contribution in [0.3, 0.4) is 0 Å². The van der Waals surface area contributed by atoms with Crippen molar-refractivity contribution in [3.8, 4) is 11.5 Å². The molecule has 2 aromatic rings. The fourth-order valence-electron chi connectivity index (χ4n) is 2.15. The quantitative estimate of drug-likeness (QED) is 0.622. The molecule has 0 spiro atoms. The van der Waals surface area contributed by atoms with Crippen molar-refractivity contribution in [1.82, 2.24) is 0 Å². The van der Waals surface area contributed by atoms with Crippen LogP contribution in [0.25, 0.3) is 6.08 Å². The summed E-state index contributed by atoms with van der Waals surface area (Å²) in [6.07, 6.45) is 1.65. The van der Waals surface area contributed by atoms with Crippen LogP contribution in [-0.2, 0) is 0 Å². The molecule has 0 amide bonds. The van der Waals surface area contributed by atoms with Crippen LogP contribution in [0.1, 0.15) is 11.1 Å². The van der Waals surface area contributed by atoms with Crippen molar-refractivity contribution >= 4 is 11.8 Å². The van der Waals surface area contributed by atoms with Gasteiger partial charge in [0.1, 0.15) is 12.4 Å². The second-order valence-corrected chi connectivity index (χ2v) is 4.77. The van der Waals surface area contributed by atoms with E-state index in [-0.39, 0.29) is 12.3 Å². The third-order valence-electron chi connectivity index (χ3n) is 3.16. The molecule has 0 aliphatic carbocycles. The van der Waals surface area contributed by atoms with E-state index in [1.165, 1.54) is 0 Å². The fourth-order valence-corrected chi connectivity index (χ4v) is 2.15. The monoisotopic (exact) mass is 283 g/mol. The Morgan fingerprint density at radius 3 is 2.71 bits per heavy atom. The summed E-state index contributed by atoms with van der Waals surface area (Å²) in [5, 5.41) is 11.1. The number of nitro benzene ring substituents is 1. The van der Waals surface area contributed by atoms with Crippen LogP contribution in [0.4, 0.5) is 5.69 Å². The normalized spacial score (nSPS) is 15.0. The molecule has 0 atom stereocenters. The summed E-state index contributed by atoms with van der Waals surface area (Å²) in [4.78, 5) is 10.7. The minimum absolute atomic E-state index is 0.0601. The van der Waals surface area contributed by atoms with E-state index in [4.69, 9.17) is 9.47 Å². The molecule has 2 aromatic carbocycles. The van der Waals surface area contributed by atoms with E-state index in [2.05, 4.69) is 0 Å². The second-order valence-electron chi connectivity index (χ2n) is 4.77. The molecule has 1 heterocycles. The molecule has 1 aliphatic heterocycles. The Labute approximate surface area is 121 Å². The zero-order valence-electron chi connectivity index (χ0n) is 11.4. The molecule has 0 saturated heterocycles. The number of hydrogen-bond donors (Lipinski definition) is 0. The van der Waals surface area contributed by atoms with E-state index in [0.29, 0.717) is 22.8 Å². The molecule has 106 valence electrons. The molecule has 0 aromatic heterocycles. The lowest BCUT2D eigenvalue weighted by Crippen LogP contribution is -2.13. The van der Waals surface area contributed by atoms with Gasteiger partial charge in [-0.15, -0.1) is 0 Å². The highest BCUT2D eigenvalue weighted by atomic mass is 16.6. The van der Waals surface area contributed by atoms with Gasteiger partial charge in [-0.1, -0.05) is 18.2 Å². The van der Waals surface area contributed by atoms with Crippen LogP contribution in [0.2, 0.25) is 0 Å². The average Bonchev–Trinajstić information content (AvgIpc) is 2.49. The van der Waals surface area contributed by atoms with Gasteiger partial charge in [0.05, 0.1) is 10.5 Å². The van der Waals surface area contributed by atoms with Gasteiger partial charge in [0.15, 0.2) is 11.5 Å². The molecule has 0 radical (unpaired) electrons. The van der Waals surface area contributed by atoms with Crippen molar-refractivity contribution in [2.75, 3.05) is 6.61 Å². The summed E-state index contributed by atoms with van der Waals surface area (Å²) in [5.41, 5.74) is 1.41. The first-order chi connectivity index (χ1) is 10.1. The first-order valence-corrected chi connectivity index (χ1v) is 6.49. The van der Waals surface area contributed by atoms with E-state index in [9.17, 15) is 10.1 Å². The molecular formula is C16H13NO4. The molecule has 5 heteroatoms. The Hall–Kier alpha value is -2.82. The van der Waals surface area contributed by atoms with E-state index < -0.39 is 4.92 Å². The van der Waals surface area contributed by atoms with Crippen LogP contribution in [0, 0.1) is 17.0 Å². The second kappa shape index (κ2) is 5.28. The van der Waals surface area contributed by atoms with E-state index in [0.717, 1.165) is 5.56 Å². The summed E-state index contributed by atoms with van der Waals surface area (Å²) >= 11 is 0. The minimum atomic E-state index is -0.392. The lowest BCUT2D eigenvalue weighted by atomic mass is 10.1. The van der Waals surface area contributed by atoms with Gasteiger partial charge >= 0.3 is 0 Å². The average molecular weight is 283 g/mol. The van der Waals surface area contributed by atoms with Gasteiger partial charge in [0, 0.05) is 6.07 Å². The van der Waals surface area contributed by atoms with E-state index in [1.54, 1.807) is 24.3 Å². The van der Waals surface area contributed by atoms with Crippen molar-refractivity contribution < 1.29 is 14.4 Å². The molecule has 5 nitrogen and oxygen atoms in total. The summed E-state index contributed by atoms with van der Waals surface area (Å²) in [6, 6.07) is 12.4. The lowest BCUT2D eigenvalue weighted by Gasteiger charge is -2.20. The fraction of sp³-hybridized carbons (Fsp3) is 0.125. The Kier molecular flexibility index (Phi) is 3.31. The molecule has 21 heavy (non-hydrogen) atoms. The highest BCUT2D eigenvalue weighted by Gasteiger charge is 2.18. The van der Waals surface area contributed by atoms with Crippen LogP contribution in [-0.4, -0.2) is 11.5 Å². The highest BCUT2D eigenvalue weighted by molar-refractivity contribution is 5.64. The zero-order chi connectivity index (χ0) is 14.8. The molecule has 0 bridgehead atoms. The van der Waals surface area contributed by atoms with Crippen LogP contribution < -0.4 is 9.47 Å². The topological polar surface area (TPSA) is 61.6 Å². The van der Waals surface area contributed by atoms with E-state index in [1.807, 2.05) is 31.2 Å². The lowest BCUT2D eigenvalue weighted by molar-refractivity contribution is -0.385. The number of para-hydroxylation sites is 2. The Bertz CT molecular complexity index is 737. The molecular weight excluding hydrogens is 270 g/mol. The number of rotatable bonds is 2. The Balaban J connectivity index is 1.95. The highest BCUT2D eigenvalue weighted by Crippen LogP contribution is 2.33. The van der Waals surface area contributed by atoms with Crippen molar-refractivity contribution in [2.45, 2.75) is 6.92 Å². The molecule has 0 unspecified atom stereocenters. The largest absolute Gasteiger partial charge is 0.482 e. The van der Waals surface area contributed by atoms with Gasteiger partial charge in [-0.05, 0) is 36.8 Å². The molecule has 1 aliphatic rings. The van der Waals surface area contributed by atoms with Crippen LogP contribution >= 0.6 is 0 Å². The summed E-state index contributed by atoms with van der Waals surface area (Å²) in [7, 11) is 0. The number of benzene rings is 2. The predicted octanol–water partition coefficient (Wildman–Crippen LogP) is 3.72. The standard InChI is InChI=1S/C16H13NO4/c1-11-6-7-12(14(8-11)17(18)19)9-13-10-20-15-4-2-3-5-16(15)21-13/h2-9H,10H2,1H3/b13-9-. The first kappa shape index (κ1) is 13.2. The van der Waals surface area contributed by atoms with Gasteiger partial charge in [0.25, 0.3) is 5.69 Å². The van der Waals surface area contributed by atoms with Gasteiger partial charge in [-0.2, -0.15) is 0 Å². The van der Waals surface area contributed by atoms with Gasteiger partial charge in [-0.3, -0.25) is 10.1 Å². The Morgan fingerprint density at radius 2 is 1.95 bits per heavy atom. The molecule has 0 saturated carbocycles. The maximum atomic E-state index is 11.1. The molecule has 0 N–H and O–H groups in total. The van der Waals surface area contributed by atoms with Crippen molar-refractivity contribution in [3.05, 3.63) is 69.5 Å². The SMILES string of the molecule is Cc1ccc(/C=C2/COc3ccccc3O2)c([N+](=O)[O-])c1. The smallest absolute Gasteiger partial charge is 0.276 e. The van der Waals surface area contributed by atoms with Gasteiger partial charge < -0.3 is 9.47 Å². The predicted molar refractivity (Wildman–Crippen MR) is 78.4 cm³/mol. The maximum Gasteiger partial charge on any atom is 0.276 e. The van der Waals surface area contributed by atoms with Crippen LogP contribution in [0.5, 0.6) is 11.5 Å². The summed E-state index contributed by atoms with van der Waals surface area (Å²) in [6.45, 7) is 2.07. The third-order valence-corrected chi connectivity index (χ3v) is 3.16. The summed E-state index contributed by atoms with van der Waals surface area (Å²) in [5.74, 6) is 1.83. The number of fused-ring (bicyclic) bond motifs is 1. The van der Waals surface area contributed by atoms with E-state index >= 15 is 0 Å². The number of nitrogens with zero attached hydrogens (tertiary/aromatic N) is 1. The third kappa shape index (κ3) is 2.72. The van der Waals surface area contributed by atoms with Gasteiger partial charge in [0.2, 0.25) is 0 Å². The number of hydrogen-bond acceptors (Lipinski definition) is 4. The number of nitro groups is 1. The van der Waals surface area contributed by atoms with Crippen LogP contribution in [0.15, 0.2) is 48.2 Å². The molecule has 3 rings (SSSR count). The van der Waals surface area contributed by atoms with Crippen molar-refractivity contribution in [2.24, 2.45) is 0 Å².